The minimum atomic E-state index is -0.0190. The van der Waals surface area contributed by atoms with Crippen LogP contribution < -0.4 is 10.6 Å². The Morgan fingerprint density at radius 1 is 1.67 bits per heavy atom. The van der Waals surface area contributed by atoms with Crippen molar-refractivity contribution in [2.45, 2.75) is 38.8 Å². The Labute approximate surface area is 114 Å². The van der Waals surface area contributed by atoms with Gasteiger partial charge in [-0.15, -0.1) is 12.4 Å². The van der Waals surface area contributed by atoms with E-state index in [0.717, 1.165) is 30.6 Å². The lowest BCUT2D eigenvalue weighted by Gasteiger charge is -2.17. The molecule has 18 heavy (non-hydrogen) atoms. The molecule has 2 heterocycles. The Morgan fingerprint density at radius 2 is 2.39 bits per heavy atom. The van der Waals surface area contributed by atoms with Crippen molar-refractivity contribution in [1.29, 1.82) is 0 Å². The highest BCUT2D eigenvalue weighted by Crippen LogP contribution is 2.16. The summed E-state index contributed by atoms with van der Waals surface area (Å²) in [5, 5.41) is 10.4. The molecule has 2 atom stereocenters. The summed E-state index contributed by atoms with van der Waals surface area (Å²) in [6.07, 6.45) is 3.84. The van der Waals surface area contributed by atoms with Crippen molar-refractivity contribution in [2.24, 2.45) is 7.05 Å². The zero-order valence-corrected chi connectivity index (χ0v) is 11.9. The molecule has 6 heteroatoms. The quantitative estimate of drug-likeness (QED) is 0.866. The molecule has 1 aliphatic rings. The van der Waals surface area contributed by atoms with Crippen LogP contribution in [0.3, 0.4) is 0 Å². The summed E-state index contributed by atoms with van der Waals surface area (Å²) in [6.45, 7) is 4.95. The number of hydrogen-bond donors (Lipinski definition) is 2. The SMILES string of the molecule is Cc1c(C(C)NC(=O)C2CCCN2)cnn1C.Cl. The lowest BCUT2D eigenvalue weighted by atomic mass is 10.1. The Balaban J connectivity index is 0.00000162. The number of amides is 1. The molecule has 2 N–H and O–H groups in total. The molecule has 0 saturated carbocycles. The molecule has 5 nitrogen and oxygen atoms in total. The third-order valence-corrected chi connectivity index (χ3v) is 3.48. The number of rotatable bonds is 3. The normalized spacial score (nSPS) is 20.3. The Kier molecular flexibility index (Phi) is 5.16. The predicted octanol–water partition coefficient (Wildman–Crippen LogP) is 1.08. The van der Waals surface area contributed by atoms with E-state index in [9.17, 15) is 4.79 Å². The standard InChI is InChI=1S/C12H20N4O.ClH/c1-8(10-7-14-16(3)9(10)2)15-12(17)11-5-4-6-13-11;/h7-8,11,13H,4-6H2,1-3H3,(H,15,17);1H. The largest absolute Gasteiger partial charge is 0.348 e. The van der Waals surface area contributed by atoms with E-state index in [-0.39, 0.29) is 30.4 Å². The zero-order chi connectivity index (χ0) is 12.4. The monoisotopic (exact) mass is 272 g/mol. The molecule has 1 aromatic heterocycles. The summed E-state index contributed by atoms with van der Waals surface area (Å²) in [5.74, 6) is 0.0956. The molecule has 0 aromatic carbocycles. The van der Waals surface area contributed by atoms with E-state index in [0.29, 0.717) is 0 Å². The summed E-state index contributed by atoms with van der Waals surface area (Å²) in [7, 11) is 1.91. The van der Waals surface area contributed by atoms with Crippen LogP contribution in [0.15, 0.2) is 6.20 Å². The van der Waals surface area contributed by atoms with Gasteiger partial charge in [0.15, 0.2) is 0 Å². The second kappa shape index (κ2) is 6.20. The molecule has 1 aliphatic heterocycles. The van der Waals surface area contributed by atoms with Gasteiger partial charge in [0.2, 0.25) is 5.91 Å². The number of aryl methyl sites for hydroxylation is 1. The topological polar surface area (TPSA) is 59.0 Å². The maximum atomic E-state index is 11.9. The van der Waals surface area contributed by atoms with Gasteiger partial charge >= 0.3 is 0 Å². The fourth-order valence-corrected chi connectivity index (χ4v) is 2.24. The molecule has 1 saturated heterocycles. The van der Waals surface area contributed by atoms with Crippen LogP contribution in [0.5, 0.6) is 0 Å². The van der Waals surface area contributed by atoms with Gasteiger partial charge in [-0.1, -0.05) is 0 Å². The van der Waals surface area contributed by atoms with Crippen molar-refractivity contribution >= 4 is 18.3 Å². The molecule has 0 bridgehead atoms. The number of halogens is 1. The lowest BCUT2D eigenvalue weighted by molar-refractivity contribution is -0.123. The van der Waals surface area contributed by atoms with Crippen LogP contribution in [0.25, 0.3) is 0 Å². The first kappa shape index (κ1) is 15.0. The van der Waals surface area contributed by atoms with E-state index in [2.05, 4.69) is 15.7 Å². The van der Waals surface area contributed by atoms with Gasteiger partial charge in [0, 0.05) is 18.3 Å². The van der Waals surface area contributed by atoms with Crippen LogP contribution in [0.1, 0.15) is 37.1 Å². The highest BCUT2D eigenvalue weighted by atomic mass is 35.5. The first-order valence-corrected chi connectivity index (χ1v) is 6.12. The van der Waals surface area contributed by atoms with E-state index in [1.165, 1.54) is 0 Å². The number of nitrogens with one attached hydrogen (secondary N) is 2. The summed E-state index contributed by atoms with van der Waals surface area (Å²) >= 11 is 0. The van der Waals surface area contributed by atoms with Crippen molar-refractivity contribution in [3.63, 3.8) is 0 Å². The molecule has 1 amide bonds. The highest BCUT2D eigenvalue weighted by Gasteiger charge is 2.24. The van der Waals surface area contributed by atoms with Crippen LogP contribution in [-0.4, -0.2) is 28.3 Å². The zero-order valence-electron chi connectivity index (χ0n) is 11.1. The fraction of sp³-hybridized carbons (Fsp3) is 0.667. The minimum absolute atomic E-state index is 0. The Hall–Kier alpha value is -1.07. The molecule has 1 fully saturated rings. The smallest absolute Gasteiger partial charge is 0.237 e. The van der Waals surface area contributed by atoms with Gasteiger partial charge in [0.1, 0.15) is 0 Å². The summed E-state index contributed by atoms with van der Waals surface area (Å²) < 4.78 is 1.83. The first-order valence-electron chi connectivity index (χ1n) is 6.12. The molecular formula is C12H21ClN4O. The second-order valence-electron chi connectivity index (χ2n) is 4.69. The molecule has 0 spiro atoms. The average molecular weight is 273 g/mol. The molecule has 2 unspecified atom stereocenters. The Morgan fingerprint density at radius 3 is 2.89 bits per heavy atom. The third-order valence-electron chi connectivity index (χ3n) is 3.48. The summed E-state index contributed by atoms with van der Waals surface area (Å²) in [5.41, 5.74) is 2.18. The maximum Gasteiger partial charge on any atom is 0.237 e. The van der Waals surface area contributed by atoms with Crippen molar-refractivity contribution in [2.75, 3.05) is 6.54 Å². The van der Waals surface area contributed by atoms with E-state index in [1.54, 1.807) is 0 Å². The van der Waals surface area contributed by atoms with E-state index in [1.807, 2.05) is 31.8 Å². The Bertz CT molecular complexity index is 412. The number of nitrogens with zero attached hydrogens (tertiary/aromatic N) is 2. The van der Waals surface area contributed by atoms with Gasteiger partial charge in [-0.2, -0.15) is 5.10 Å². The number of carbonyl (C=O) groups is 1. The first-order chi connectivity index (χ1) is 8.09. The number of hydrogen-bond acceptors (Lipinski definition) is 3. The summed E-state index contributed by atoms with van der Waals surface area (Å²) in [4.78, 5) is 11.9. The van der Waals surface area contributed by atoms with Gasteiger partial charge in [-0.25, -0.2) is 0 Å². The van der Waals surface area contributed by atoms with Crippen LogP contribution in [0, 0.1) is 6.92 Å². The van der Waals surface area contributed by atoms with Crippen LogP contribution in [-0.2, 0) is 11.8 Å². The van der Waals surface area contributed by atoms with E-state index < -0.39 is 0 Å². The van der Waals surface area contributed by atoms with Crippen molar-refractivity contribution < 1.29 is 4.79 Å². The van der Waals surface area contributed by atoms with Gasteiger partial charge in [0.05, 0.1) is 18.3 Å². The third kappa shape index (κ3) is 3.03. The predicted molar refractivity (Wildman–Crippen MR) is 72.8 cm³/mol. The fourth-order valence-electron chi connectivity index (χ4n) is 2.24. The number of carbonyl (C=O) groups excluding carboxylic acids is 1. The summed E-state index contributed by atoms with van der Waals surface area (Å²) in [6, 6.07) is -0.00646. The maximum absolute atomic E-state index is 11.9. The molecule has 0 radical (unpaired) electrons. The molecule has 102 valence electrons. The van der Waals surface area contributed by atoms with Gasteiger partial charge in [-0.05, 0) is 33.2 Å². The van der Waals surface area contributed by atoms with Crippen molar-refractivity contribution in [1.82, 2.24) is 20.4 Å². The van der Waals surface area contributed by atoms with Crippen LogP contribution in [0.2, 0.25) is 0 Å². The van der Waals surface area contributed by atoms with E-state index >= 15 is 0 Å². The van der Waals surface area contributed by atoms with Crippen molar-refractivity contribution in [3.05, 3.63) is 17.5 Å². The van der Waals surface area contributed by atoms with Crippen molar-refractivity contribution in [3.8, 4) is 0 Å². The molecule has 1 aromatic rings. The van der Waals surface area contributed by atoms with E-state index in [4.69, 9.17) is 0 Å². The minimum Gasteiger partial charge on any atom is -0.348 e. The van der Waals surface area contributed by atoms with Gasteiger partial charge in [0.25, 0.3) is 0 Å². The second-order valence-corrected chi connectivity index (χ2v) is 4.69. The lowest BCUT2D eigenvalue weighted by Crippen LogP contribution is -2.41. The number of aromatic nitrogens is 2. The van der Waals surface area contributed by atoms with Crippen LogP contribution in [0.4, 0.5) is 0 Å². The highest BCUT2D eigenvalue weighted by molar-refractivity contribution is 5.85. The van der Waals surface area contributed by atoms with Gasteiger partial charge in [-0.3, -0.25) is 9.48 Å². The average Bonchev–Trinajstić information content (AvgIpc) is 2.90. The van der Waals surface area contributed by atoms with Crippen LogP contribution >= 0.6 is 12.4 Å². The molecule has 2 rings (SSSR count). The van der Waals surface area contributed by atoms with Gasteiger partial charge < -0.3 is 10.6 Å². The molecule has 0 aliphatic carbocycles. The molecular weight excluding hydrogens is 252 g/mol.